The molecule has 2 rings (SSSR count). The number of hydrogen-bond acceptors (Lipinski definition) is 3. The average Bonchev–Trinajstić information content (AvgIpc) is 2.81. The largest absolute Gasteiger partial charge is 0.376 e. The SMILES string of the molecule is Cc1cccc(C)c1NCC(=O)N1CCCO1. The molecule has 1 heterocycles. The molecule has 0 spiro atoms. The molecule has 0 saturated carbocycles. The highest BCUT2D eigenvalue weighted by atomic mass is 16.7. The van der Waals surface area contributed by atoms with E-state index >= 15 is 0 Å². The Kier molecular flexibility index (Phi) is 3.64. The fourth-order valence-electron chi connectivity index (χ4n) is 1.99. The maximum Gasteiger partial charge on any atom is 0.265 e. The fourth-order valence-corrected chi connectivity index (χ4v) is 1.99. The Hall–Kier alpha value is -1.55. The first-order valence-electron chi connectivity index (χ1n) is 5.92. The van der Waals surface area contributed by atoms with E-state index in [4.69, 9.17) is 4.84 Å². The number of rotatable bonds is 3. The number of anilines is 1. The first-order chi connectivity index (χ1) is 8.18. The molecule has 92 valence electrons. The van der Waals surface area contributed by atoms with Gasteiger partial charge in [0.25, 0.3) is 5.91 Å². The summed E-state index contributed by atoms with van der Waals surface area (Å²) in [6.07, 6.45) is 0.926. The van der Waals surface area contributed by atoms with Crippen LogP contribution in [0.3, 0.4) is 0 Å². The number of amides is 1. The van der Waals surface area contributed by atoms with Gasteiger partial charge in [0.15, 0.2) is 0 Å². The molecule has 0 aromatic heterocycles. The van der Waals surface area contributed by atoms with Gasteiger partial charge >= 0.3 is 0 Å². The normalized spacial score (nSPS) is 15.1. The number of carbonyl (C=O) groups is 1. The second-order valence-electron chi connectivity index (χ2n) is 4.30. The smallest absolute Gasteiger partial charge is 0.265 e. The molecule has 0 aliphatic carbocycles. The standard InChI is InChI=1S/C13H18N2O2/c1-10-5-3-6-11(2)13(10)14-9-12(16)15-7-4-8-17-15/h3,5-6,14H,4,7-9H2,1-2H3. The van der Waals surface area contributed by atoms with Crippen molar-refractivity contribution >= 4 is 11.6 Å². The third-order valence-corrected chi connectivity index (χ3v) is 2.93. The van der Waals surface area contributed by atoms with Crippen molar-refractivity contribution in [1.82, 2.24) is 5.06 Å². The van der Waals surface area contributed by atoms with Gasteiger partial charge in [-0.15, -0.1) is 0 Å². The third-order valence-electron chi connectivity index (χ3n) is 2.93. The molecule has 4 heteroatoms. The minimum atomic E-state index is -0.00912. The second kappa shape index (κ2) is 5.19. The summed E-state index contributed by atoms with van der Waals surface area (Å²) in [5, 5.41) is 4.63. The highest BCUT2D eigenvalue weighted by molar-refractivity contribution is 5.80. The minimum Gasteiger partial charge on any atom is -0.376 e. The van der Waals surface area contributed by atoms with Crippen molar-refractivity contribution in [3.05, 3.63) is 29.3 Å². The molecule has 1 aliphatic heterocycles. The van der Waals surface area contributed by atoms with Crippen molar-refractivity contribution in [3.8, 4) is 0 Å². The van der Waals surface area contributed by atoms with Gasteiger partial charge in [-0.25, -0.2) is 5.06 Å². The zero-order valence-corrected chi connectivity index (χ0v) is 10.3. The Morgan fingerprint density at radius 2 is 2.12 bits per heavy atom. The van der Waals surface area contributed by atoms with Crippen LogP contribution in [0.4, 0.5) is 5.69 Å². The summed E-state index contributed by atoms with van der Waals surface area (Å²) in [4.78, 5) is 17.0. The molecule has 1 saturated heterocycles. The van der Waals surface area contributed by atoms with Gasteiger partial charge in [0.2, 0.25) is 0 Å². The number of para-hydroxylation sites is 1. The Bertz CT molecular complexity index is 392. The van der Waals surface area contributed by atoms with E-state index in [0.29, 0.717) is 13.2 Å². The van der Waals surface area contributed by atoms with E-state index in [1.54, 1.807) is 0 Å². The lowest BCUT2D eigenvalue weighted by molar-refractivity contribution is -0.166. The molecule has 0 radical (unpaired) electrons. The van der Waals surface area contributed by atoms with Crippen LogP contribution in [0.2, 0.25) is 0 Å². The van der Waals surface area contributed by atoms with E-state index in [-0.39, 0.29) is 12.5 Å². The van der Waals surface area contributed by atoms with Gasteiger partial charge in [-0.2, -0.15) is 0 Å². The number of nitrogens with zero attached hydrogens (tertiary/aromatic N) is 1. The fraction of sp³-hybridized carbons (Fsp3) is 0.462. The molecular weight excluding hydrogens is 216 g/mol. The van der Waals surface area contributed by atoms with E-state index in [0.717, 1.165) is 23.2 Å². The molecule has 0 unspecified atom stereocenters. The van der Waals surface area contributed by atoms with Gasteiger partial charge in [0, 0.05) is 5.69 Å². The van der Waals surface area contributed by atoms with Gasteiger partial charge in [0.1, 0.15) is 0 Å². The number of benzene rings is 1. The van der Waals surface area contributed by atoms with Crippen LogP contribution in [0.5, 0.6) is 0 Å². The number of carbonyl (C=O) groups excluding carboxylic acids is 1. The first-order valence-corrected chi connectivity index (χ1v) is 5.92. The maximum absolute atomic E-state index is 11.8. The summed E-state index contributed by atoms with van der Waals surface area (Å²) in [5.74, 6) is -0.00912. The summed E-state index contributed by atoms with van der Waals surface area (Å²) in [6, 6.07) is 6.08. The predicted octanol–water partition coefficient (Wildman–Crippen LogP) is 1.88. The van der Waals surface area contributed by atoms with Crippen LogP contribution in [0.15, 0.2) is 18.2 Å². The van der Waals surface area contributed by atoms with Crippen LogP contribution in [0.1, 0.15) is 17.5 Å². The quantitative estimate of drug-likeness (QED) is 0.868. The molecule has 1 fully saturated rings. The number of hydroxylamine groups is 2. The molecule has 1 aromatic rings. The van der Waals surface area contributed by atoms with Crippen molar-refractivity contribution in [1.29, 1.82) is 0 Å². The van der Waals surface area contributed by atoms with Crippen LogP contribution >= 0.6 is 0 Å². The minimum absolute atomic E-state index is 0.00912. The van der Waals surface area contributed by atoms with E-state index in [1.807, 2.05) is 32.0 Å². The van der Waals surface area contributed by atoms with Crippen molar-refractivity contribution < 1.29 is 9.63 Å². The Labute approximate surface area is 102 Å². The first kappa shape index (κ1) is 11.9. The highest BCUT2D eigenvalue weighted by Crippen LogP contribution is 2.19. The zero-order valence-electron chi connectivity index (χ0n) is 10.3. The summed E-state index contributed by atoms with van der Waals surface area (Å²) in [7, 11) is 0. The van der Waals surface area contributed by atoms with Crippen LogP contribution in [0, 0.1) is 13.8 Å². The molecule has 17 heavy (non-hydrogen) atoms. The molecule has 1 aromatic carbocycles. The summed E-state index contributed by atoms with van der Waals surface area (Å²) < 4.78 is 0. The molecule has 0 atom stereocenters. The summed E-state index contributed by atoms with van der Waals surface area (Å²) in [5.41, 5.74) is 3.35. The molecule has 4 nitrogen and oxygen atoms in total. The number of hydrogen-bond donors (Lipinski definition) is 1. The second-order valence-corrected chi connectivity index (χ2v) is 4.30. The Morgan fingerprint density at radius 3 is 2.71 bits per heavy atom. The van der Waals surface area contributed by atoms with E-state index in [1.165, 1.54) is 5.06 Å². The number of aryl methyl sites for hydroxylation is 2. The van der Waals surface area contributed by atoms with Gasteiger partial charge < -0.3 is 5.32 Å². The molecule has 1 amide bonds. The zero-order chi connectivity index (χ0) is 12.3. The Balaban J connectivity index is 1.95. The molecule has 1 aliphatic rings. The number of nitrogens with one attached hydrogen (secondary N) is 1. The molecule has 0 bridgehead atoms. The Morgan fingerprint density at radius 1 is 1.41 bits per heavy atom. The van der Waals surface area contributed by atoms with Crippen LogP contribution in [-0.4, -0.2) is 30.7 Å². The van der Waals surface area contributed by atoms with Gasteiger partial charge in [0.05, 0.1) is 19.7 Å². The van der Waals surface area contributed by atoms with Crippen molar-refractivity contribution in [2.75, 3.05) is 25.0 Å². The van der Waals surface area contributed by atoms with Crippen LogP contribution in [0.25, 0.3) is 0 Å². The molecular formula is C13H18N2O2. The maximum atomic E-state index is 11.8. The lowest BCUT2D eigenvalue weighted by Crippen LogP contribution is -2.32. The van der Waals surface area contributed by atoms with Gasteiger partial charge in [-0.3, -0.25) is 9.63 Å². The van der Waals surface area contributed by atoms with Crippen molar-refractivity contribution in [2.45, 2.75) is 20.3 Å². The van der Waals surface area contributed by atoms with Crippen molar-refractivity contribution in [2.24, 2.45) is 0 Å². The van der Waals surface area contributed by atoms with Gasteiger partial charge in [-0.05, 0) is 31.4 Å². The third kappa shape index (κ3) is 2.77. The summed E-state index contributed by atoms with van der Waals surface area (Å²) in [6.45, 7) is 5.70. The lowest BCUT2D eigenvalue weighted by atomic mass is 10.1. The van der Waals surface area contributed by atoms with Crippen molar-refractivity contribution in [3.63, 3.8) is 0 Å². The van der Waals surface area contributed by atoms with Crippen LogP contribution < -0.4 is 5.32 Å². The van der Waals surface area contributed by atoms with E-state index in [9.17, 15) is 4.79 Å². The monoisotopic (exact) mass is 234 g/mol. The van der Waals surface area contributed by atoms with E-state index < -0.39 is 0 Å². The topological polar surface area (TPSA) is 41.6 Å². The van der Waals surface area contributed by atoms with Gasteiger partial charge in [-0.1, -0.05) is 18.2 Å². The van der Waals surface area contributed by atoms with E-state index in [2.05, 4.69) is 5.32 Å². The predicted molar refractivity (Wildman–Crippen MR) is 66.7 cm³/mol. The van der Waals surface area contributed by atoms with Crippen LogP contribution in [-0.2, 0) is 9.63 Å². The average molecular weight is 234 g/mol. The molecule has 1 N–H and O–H groups in total. The highest BCUT2D eigenvalue weighted by Gasteiger charge is 2.18. The lowest BCUT2D eigenvalue weighted by Gasteiger charge is -2.16. The summed E-state index contributed by atoms with van der Waals surface area (Å²) >= 11 is 0.